The second-order valence-corrected chi connectivity index (χ2v) is 2.34. The van der Waals surface area contributed by atoms with Gasteiger partial charge in [-0.3, -0.25) is 5.01 Å². The van der Waals surface area contributed by atoms with Crippen LogP contribution in [0.3, 0.4) is 0 Å². The van der Waals surface area contributed by atoms with Crippen LogP contribution in [0.5, 0.6) is 0 Å². The van der Waals surface area contributed by atoms with Crippen molar-refractivity contribution in [3.05, 3.63) is 0 Å². The molecule has 0 unspecified atom stereocenters. The Morgan fingerprint density at radius 3 is 2.80 bits per heavy atom. The lowest BCUT2D eigenvalue weighted by Crippen LogP contribution is -2.44. The fourth-order valence-corrected chi connectivity index (χ4v) is 0.870. The summed E-state index contributed by atoms with van der Waals surface area (Å²) in [7, 11) is 0. The van der Waals surface area contributed by atoms with E-state index in [9.17, 15) is 0 Å². The molecule has 0 atom stereocenters. The molecular weight excluding hydrogens is 158 g/mol. The van der Waals surface area contributed by atoms with E-state index in [0.717, 1.165) is 13.1 Å². The molecule has 10 heavy (non-hydrogen) atoms. The van der Waals surface area contributed by atoms with Crippen LogP contribution in [0, 0.1) is 0 Å². The molecule has 1 aromatic rings. The van der Waals surface area contributed by atoms with Gasteiger partial charge in [-0.15, -0.1) is 0 Å². The van der Waals surface area contributed by atoms with E-state index in [2.05, 4.69) is 0 Å². The third kappa shape index (κ3) is 0.862. The van der Waals surface area contributed by atoms with Crippen LogP contribution in [0.1, 0.15) is 6.42 Å². The summed E-state index contributed by atoms with van der Waals surface area (Å²) in [5.74, 6) is 0. The van der Waals surface area contributed by atoms with E-state index in [1.165, 1.54) is 11.4 Å². The maximum absolute atomic E-state index is 5.28. The monoisotopic (exact) mass is 165 g/mol. The molecule has 0 saturated carbocycles. The van der Waals surface area contributed by atoms with Crippen molar-refractivity contribution in [2.24, 2.45) is 0 Å². The number of aromatic nitrogens is 2. The number of hydrogen-bond donors (Lipinski definition) is 0. The highest BCUT2D eigenvalue weighted by Gasteiger charge is 2.24. The fraction of sp³-hybridized carbons (Fsp3) is 1.00. The van der Waals surface area contributed by atoms with Gasteiger partial charge in [-0.2, -0.15) is 4.63 Å². The first-order valence-corrected chi connectivity index (χ1v) is 3.67. The van der Waals surface area contributed by atoms with Gasteiger partial charge in [-0.05, 0) is 6.42 Å². The molecule has 0 aromatic carbocycles. The Morgan fingerprint density at radius 1 is 1.50 bits per heavy atom. The van der Waals surface area contributed by atoms with Gasteiger partial charge in [0.25, 0.3) is 0 Å². The van der Waals surface area contributed by atoms with Crippen LogP contribution in [-0.4, -0.2) is 29.1 Å². The summed E-state index contributed by atoms with van der Waals surface area (Å²) in [5.41, 5.74) is 0. The molecule has 0 aliphatic carbocycles. The minimum absolute atomic E-state index is 0.115. The maximum atomic E-state index is 5.28. The molecule has 5 nitrogen and oxygen atoms in total. The molecule has 0 radical (unpaired) electrons. The minimum atomic E-state index is 0.115. The quantitative estimate of drug-likeness (QED) is 0.585. The lowest BCUT2D eigenvalue weighted by atomic mass is 10.3. The number of halogens is 1. The van der Waals surface area contributed by atoms with Crippen molar-refractivity contribution < 1.29 is 9.47 Å². The molecule has 58 valence electrons. The molecule has 0 amide bonds. The van der Waals surface area contributed by atoms with Crippen LogP contribution in [0.4, 0.5) is 0 Å². The second kappa shape index (κ2) is 2.16. The van der Waals surface area contributed by atoms with Gasteiger partial charge >= 0.3 is 0 Å². The van der Waals surface area contributed by atoms with E-state index in [4.69, 9.17) is 21.1 Å². The molecule has 6 heteroatoms. The summed E-state index contributed by atoms with van der Waals surface area (Å²) in [6, 6.07) is 0.115. The molecule has 2 heterocycles. The largest absolute Gasteiger partial charge is 0.350 e. The van der Waals surface area contributed by atoms with Gasteiger partial charge < -0.3 is 4.84 Å². The van der Waals surface area contributed by atoms with E-state index >= 15 is 0 Å². The van der Waals surface area contributed by atoms with Crippen molar-refractivity contribution in [3.8, 4) is 0 Å². The highest BCUT2D eigenvalue weighted by molar-refractivity contribution is 6.17. The van der Waals surface area contributed by atoms with Gasteiger partial charge in [-0.25, -0.2) is 0 Å². The minimum Gasteiger partial charge on any atom is -0.350 e. The average Bonchev–Trinajstić information content (AvgIpc) is 2.44. The van der Waals surface area contributed by atoms with Crippen LogP contribution in [0.2, 0.25) is 0 Å². The normalized spacial score (nSPS) is 17.5. The third-order valence-corrected chi connectivity index (χ3v) is 1.59. The van der Waals surface area contributed by atoms with E-state index in [1.54, 1.807) is 4.96 Å². The first-order valence-electron chi connectivity index (χ1n) is 3.14. The third-order valence-electron chi connectivity index (χ3n) is 1.49. The number of alkyl halides is 1. The lowest BCUT2D eigenvalue weighted by molar-refractivity contribution is 0.0819. The predicted molar refractivity (Wildman–Crippen MR) is 34.6 cm³/mol. The summed E-state index contributed by atoms with van der Waals surface area (Å²) in [4.78, 5) is 6.33. The van der Waals surface area contributed by atoms with Crippen molar-refractivity contribution in [2.45, 2.75) is 6.42 Å². The van der Waals surface area contributed by atoms with Gasteiger partial charge in [0.05, 0.1) is 0 Å². The molecule has 0 bridgehead atoms. The summed E-state index contributed by atoms with van der Waals surface area (Å²) >= 11 is 5.28. The van der Waals surface area contributed by atoms with Crippen molar-refractivity contribution in [3.63, 3.8) is 0 Å². The van der Waals surface area contributed by atoms with Crippen molar-refractivity contribution in [2.75, 3.05) is 24.2 Å². The van der Waals surface area contributed by atoms with Gasteiger partial charge in [0.2, 0.25) is 0 Å². The summed E-state index contributed by atoms with van der Waals surface area (Å²) in [6.07, 6.45) is 1.22. The van der Waals surface area contributed by atoms with Crippen molar-refractivity contribution in [1.82, 2.24) is 9.98 Å². The molecule has 1 fully saturated rings. The first-order chi connectivity index (χ1) is 4.92. The molecule has 0 spiro atoms. The summed E-state index contributed by atoms with van der Waals surface area (Å²) in [6.45, 7) is 2.06. The van der Waals surface area contributed by atoms with Gasteiger partial charge in [-0.1, -0.05) is 11.6 Å². The summed E-state index contributed by atoms with van der Waals surface area (Å²) < 4.78 is 4.85. The second-order valence-electron chi connectivity index (χ2n) is 2.12. The van der Waals surface area contributed by atoms with E-state index < -0.39 is 0 Å². The molecule has 0 N–H and O–H groups in total. The Hall–Kier alpha value is -0.710. The molecule has 2 rings (SSSR count). The zero-order valence-corrected chi connectivity index (χ0v) is 6.12. The highest BCUT2D eigenvalue weighted by Crippen LogP contribution is 2.07. The van der Waals surface area contributed by atoms with Crippen LogP contribution >= 0.6 is 11.6 Å². The Balaban J connectivity index is 1.84. The van der Waals surface area contributed by atoms with Crippen LogP contribution in [0.15, 0.2) is 4.63 Å². The number of rotatable bonds is 3. The van der Waals surface area contributed by atoms with E-state index in [-0.39, 0.29) is 6.07 Å². The SMILES string of the molecule is ClCOn1on1N1CCC1. The van der Waals surface area contributed by atoms with Gasteiger partial charge in [0.15, 0.2) is 6.07 Å². The Morgan fingerprint density at radius 2 is 2.30 bits per heavy atom. The van der Waals surface area contributed by atoms with Crippen molar-refractivity contribution in [1.29, 1.82) is 0 Å². The highest BCUT2D eigenvalue weighted by atomic mass is 35.5. The zero-order chi connectivity index (χ0) is 6.97. The maximum Gasteiger partial charge on any atom is 0.193 e. The van der Waals surface area contributed by atoms with Gasteiger partial charge in [0.1, 0.15) is 5.02 Å². The molecule has 1 aliphatic heterocycles. The van der Waals surface area contributed by atoms with Crippen LogP contribution in [0.25, 0.3) is 0 Å². The predicted octanol–water partition coefficient (Wildman–Crippen LogP) is -0.151. The zero-order valence-electron chi connectivity index (χ0n) is 5.36. The standard InChI is InChI=1S/C4H8ClN3O2/c5-4-9-8-7(10-8)6-2-1-3-6/h1-4H2. The van der Waals surface area contributed by atoms with Crippen molar-refractivity contribution >= 4 is 11.6 Å². The smallest absolute Gasteiger partial charge is 0.193 e. The molecule has 1 saturated heterocycles. The average molecular weight is 166 g/mol. The van der Waals surface area contributed by atoms with Crippen LogP contribution < -0.4 is 9.85 Å². The number of nitrogens with zero attached hydrogens (tertiary/aromatic N) is 3. The molecule has 1 aromatic heterocycles. The van der Waals surface area contributed by atoms with E-state index in [0.29, 0.717) is 0 Å². The Labute approximate surface area is 62.5 Å². The number of hydrogen-bond acceptors (Lipinski definition) is 3. The fourth-order valence-electron chi connectivity index (χ4n) is 0.786. The first kappa shape index (κ1) is 6.03. The van der Waals surface area contributed by atoms with E-state index in [1.807, 2.05) is 5.01 Å². The lowest BCUT2D eigenvalue weighted by Gasteiger charge is -2.25. The molecular formula is C4H8ClN3O2. The summed E-state index contributed by atoms with van der Waals surface area (Å²) in [5, 5.41) is 3.26. The topological polar surface area (TPSA) is 35.5 Å². The Bertz CT molecular complexity index is 199. The molecule has 1 aliphatic rings. The van der Waals surface area contributed by atoms with Crippen LogP contribution in [-0.2, 0) is 0 Å². The van der Waals surface area contributed by atoms with Gasteiger partial charge in [0, 0.05) is 18.1 Å². The Kier molecular flexibility index (Phi) is 1.30.